The molecular formula is C11H12N4O. The van der Waals surface area contributed by atoms with E-state index >= 15 is 0 Å². The highest BCUT2D eigenvalue weighted by Crippen LogP contribution is 2.14. The van der Waals surface area contributed by atoms with Gasteiger partial charge in [-0.25, -0.2) is 9.97 Å². The van der Waals surface area contributed by atoms with Crippen molar-refractivity contribution in [2.45, 2.75) is 6.42 Å². The van der Waals surface area contributed by atoms with Crippen LogP contribution >= 0.6 is 0 Å². The van der Waals surface area contributed by atoms with Crippen molar-refractivity contribution in [1.82, 2.24) is 15.0 Å². The fourth-order valence-corrected chi connectivity index (χ4v) is 1.20. The molecule has 2 heterocycles. The molecule has 0 saturated heterocycles. The van der Waals surface area contributed by atoms with Gasteiger partial charge in [-0.1, -0.05) is 0 Å². The van der Waals surface area contributed by atoms with Crippen LogP contribution < -0.4 is 10.5 Å². The van der Waals surface area contributed by atoms with Gasteiger partial charge in [0, 0.05) is 18.6 Å². The van der Waals surface area contributed by atoms with E-state index in [2.05, 4.69) is 15.0 Å². The normalized spacial score (nSPS) is 10.1. The molecule has 5 nitrogen and oxygen atoms in total. The molecule has 0 aromatic carbocycles. The average Bonchev–Trinajstić information content (AvgIpc) is 2.33. The molecule has 2 aromatic heterocycles. The van der Waals surface area contributed by atoms with Crippen LogP contribution in [0.2, 0.25) is 0 Å². The van der Waals surface area contributed by atoms with Crippen LogP contribution in [0.5, 0.6) is 11.8 Å². The molecule has 2 aromatic rings. The number of nitrogens with zero attached hydrogens (tertiary/aromatic N) is 3. The number of pyridine rings is 1. The van der Waals surface area contributed by atoms with Gasteiger partial charge in [-0.05, 0) is 30.7 Å². The van der Waals surface area contributed by atoms with Crippen LogP contribution in [0.15, 0.2) is 36.9 Å². The van der Waals surface area contributed by atoms with Crippen molar-refractivity contribution in [3.05, 3.63) is 42.5 Å². The molecule has 0 spiro atoms. The van der Waals surface area contributed by atoms with Gasteiger partial charge in [-0.2, -0.15) is 0 Å². The standard InChI is InChI=1S/C11H12N4O/c12-4-3-9-6-14-11(15-7-9)16-10-2-1-5-13-8-10/h1-2,5-8H,3-4,12H2. The Labute approximate surface area is 93.3 Å². The van der Waals surface area contributed by atoms with E-state index in [9.17, 15) is 0 Å². The van der Waals surface area contributed by atoms with Gasteiger partial charge in [-0.3, -0.25) is 4.98 Å². The number of nitrogens with two attached hydrogens (primary N) is 1. The molecule has 0 atom stereocenters. The Hall–Kier alpha value is -2.01. The summed E-state index contributed by atoms with van der Waals surface area (Å²) in [5.74, 6) is 0.620. The maximum absolute atomic E-state index is 5.43. The van der Waals surface area contributed by atoms with Crippen LogP contribution in [0.1, 0.15) is 5.56 Å². The molecule has 0 aliphatic rings. The van der Waals surface area contributed by atoms with E-state index in [1.54, 1.807) is 36.9 Å². The Morgan fingerprint density at radius 3 is 2.62 bits per heavy atom. The van der Waals surface area contributed by atoms with E-state index < -0.39 is 0 Å². The van der Waals surface area contributed by atoms with Gasteiger partial charge in [-0.15, -0.1) is 0 Å². The van der Waals surface area contributed by atoms with Gasteiger partial charge >= 0.3 is 6.01 Å². The first kappa shape index (κ1) is 10.5. The quantitative estimate of drug-likeness (QED) is 0.830. The molecule has 16 heavy (non-hydrogen) atoms. The fourth-order valence-electron chi connectivity index (χ4n) is 1.20. The lowest BCUT2D eigenvalue weighted by molar-refractivity contribution is 0.439. The zero-order chi connectivity index (χ0) is 11.2. The largest absolute Gasteiger partial charge is 0.423 e. The Kier molecular flexibility index (Phi) is 3.40. The van der Waals surface area contributed by atoms with E-state index in [0.29, 0.717) is 18.3 Å². The second-order valence-electron chi connectivity index (χ2n) is 3.20. The van der Waals surface area contributed by atoms with Crippen molar-refractivity contribution < 1.29 is 4.74 Å². The summed E-state index contributed by atoms with van der Waals surface area (Å²) in [5.41, 5.74) is 6.43. The highest BCUT2D eigenvalue weighted by atomic mass is 16.5. The Bertz CT molecular complexity index is 429. The molecule has 5 heteroatoms. The lowest BCUT2D eigenvalue weighted by Gasteiger charge is -2.03. The van der Waals surface area contributed by atoms with E-state index in [-0.39, 0.29) is 0 Å². The molecule has 0 saturated carbocycles. The zero-order valence-corrected chi connectivity index (χ0v) is 8.71. The van der Waals surface area contributed by atoms with Crippen molar-refractivity contribution >= 4 is 0 Å². The van der Waals surface area contributed by atoms with Crippen LogP contribution in [0.4, 0.5) is 0 Å². The lowest BCUT2D eigenvalue weighted by atomic mass is 10.2. The predicted octanol–water partition coefficient (Wildman–Crippen LogP) is 1.17. The molecule has 2 rings (SSSR count). The minimum atomic E-state index is 0.314. The number of rotatable bonds is 4. The van der Waals surface area contributed by atoms with Crippen LogP contribution in [-0.4, -0.2) is 21.5 Å². The van der Waals surface area contributed by atoms with Crippen molar-refractivity contribution in [3.63, 3.8) is 0 Å². The molecule has 0 fully saturated rings. The molecule has 0 aliphatic carbocycles. The number of hydrogen-bond acceptors (Lipinski definition) is 5. The molecular weight excluding hydrogens is 204 g/mol. The van der Waals surface area contributed by atoms with Crippen molar-refractivity contribution in [1.29, 1.82) is 0 Å². The van der Waals surface area contributed by atoms with Crippen LogP contribution in [0.3, 0.4) is 0 Å². The first-order valence-electron chi connectivity index (χ1n) is 4.97. The molecule has 82 valence electrons. The SMILES string of the molecule is NCCc1cnc(Oc2cccnc2)nc1. The maximum atomic E-state index is 5.43. The van der Waals surface area contributed by atoms with Crippen LogP contribution in [0.25, 0.3) is 0 Å². The number of hydrogen-bond donors (Lipinski definition) is 1. The highest BCUT2D eigenvalue weighted by molar-refractivity contribution is 5.20. The third kappa shape index (κ3) is 2.74. The van der Waals surface area contributed by atoms with Gasteiger partial charge in [0.25, 0.3) is 0 Å². The first-order chi connectivity index (χ1) is 7.88. The summed E-state index contributed by atoms with van der Waals surface area (Å²) in [5, 5.41) is 0. The zero-order valence-electron chi connectivity index (χ0n) is 8.71. The Morgan fingerprint density at radius 2 is 2.00 bits per heavy atom. The third-order valence-electron chi connectivity index (χ3n) is 1.96. The first-order valence-corrected chi connectivity index (χ1v) is 4.97. The molecule has 0 aliphatic heterocycles. The second kappa shape index (κ2) is 5.18. The van der Waals surface area contributed by atoms with Gasteiger partial charge in [0.1, 0.15) is 5.75 Å². The minimum Gasteiger partial charge on any atom is -0.423 e. The summed E-state index contributed by atoms with van der Waals surface area (Å²) in [6.07, 6.45) is 7.49. The van der Waals surface area contributed by atoms with E-state index in [0.717, 1.165) is 12.0 Å². The minimum absolute atomic E-state index is 0.314. The molecule has 0 unspecified atom stereocenters. The number of ether oxygens (including phenoxy) is 1. The van der Waals surface area contributed by atoms with E-state index in [4.69, 9.17) is 10.5 Å². The maximum Gasteiger partial charge on any atom is 0.321 e. The number of aromatic nitrogens is 3. The predicted molar refractivity (Wildman–Crippen MR) is 59.1 cm³/mol. The topological polar surface area (TPSA) is 73.9 Å². The Balaban J connectivity index is 2.05. The van der Waals surface area contributed by atoms with E-state index in [1.807, 2.05) is 0 Å². The highest BCUT2D eigenvalue weighted by Gasteiger charge is 2.00. The molecule has 0 amide bonds. The monoisotopic (exact) mass is 216 g/mol. The Morgan fingerprint density at radius 1 is 1.19 bits per heavy atom. The summed E-state index contributed by atoms with van der Waals surface area (Å²) in [6.45, 7) is 0.589. The van der Waals surface area contributed by atoms with Crippen molar-refractivity contribution in [2.24, 2.45) is 5.73 Å². The summed E-state index contributed by atoms with van der Waals surface area (Å²) in [4.78, 5) is 12.1. The lowest BCUT2D eigenvalue weighted by Crippen LogP contribution is -2.03. The third-order valence-corrected chi connectivity index (χ3v) is 1.96. The molecule has 0 bridgehead atoms. The van der Waals surface area contributed by atoms with Crippen LogP contribution in [-0.2, 0) is 6.42 Å². The van der Waals surface area contributed by atoms with Crippen molar-refractivity contribution in [2.75, 3.05) is 6.54 Å². The molecule has 2 N–H and O–H groups in total. The summed E-state index contributed by atoms with van der Waals surface area (Å²) < 4.78 is 5.40. The van der Waals surface area contributed by atoms with Gasteiger partial charge < -0.3 is 10.5 Å². The van der Waals surface area contributed by atoms with Crippen molar-refractivity contribution in [3.8, 4) is 11.8 Å². The smallest absolute Gasteiger partial charge is 0.321 e. The van der Waals surface area contributed by atoms with E-state index in [1.165, 1.54) is 0 Å². The second-order valence-corrected chi connectivity index (χ2v) is 3.20. The van der Waals surface area contributed by atoms with Gasteiger partial charge in [0.15, 0.2) is 0 Å². The van der Waals surface area contributed by atoms with Gasteiger partial charge in [0.05, 0.1) is 6.20 Å². The van der Waals surface area contributed by atoms with Crippen LogP contribution in [0, 0.1) is 0 Å². The fraction of sp³-hybridized carbons (Fsp3) is 0.182. The molecule has 0 radical (unpaired) electrons. The summed E-state index contributed by atoms with van der Waals surface area (Å²) in [6, 6.07) is 3.90. The summed E-state index contributed by atoms with van der Waals surface area (Å²) >= 11 is 0. The summed E-state index contributed by atoms with van der Waals surface area (Å²) in [7, 11) is 0. The van der Waals surface area contributed by atoms with Gasteiger partial charge in [0.2, 0.25) is 0 Å². The average molecular weight is 216 g/mol.